The topological polar surface area (TPSA) is 51.8 Å². The lowest BCUT2D eigenvalue weighted by molar-refractivity contribution is 0.669. The van der Waals surface area contributed by atoms with Gasteiger partial charge in [0.2, 0.25) is 0 Å². The van der Waals surface area contributed by atoms with Crippen molar-refractivity contribution in [1.29, 1.82) is 0 Å². The molecule has 0 spiro atoms. The first-order valence-electron chi connectivity index (χ1n) is 15.0. The van der Waals surface area contributed by atoms with Crippen molar-refractivity contribution < 1.29 is 4.42 Å². The van der Waals surface area contributed by atoms with Crippen LogP contribution in [0.1, 0.15) is 0 Å². The van der Waals surface area contributed by atoms with Crippen molar-refractivity contribution in [3.63, 3.8) is 0 Å². The molecule has 9 aromatic rings. The van der Waals surface area contributed by atoms with Gasteiger partial charge in [-0.25, -0.2) is 15.0 Å². The van der Waals surface area contributed by atoms with Crippen molar-refractivity contribution in [1.82, 2.24) is 15.0 Å². The minimum atomic E-state index is 0.619. The van der Waals surface area contributed by atoms with Crippen LogP contribution in [0, 0.1) is 0 Å². The van der Waals surface area contributed by atoms with Gasteiger partial charge >= 0.3 is 0 Å². The molecule has 0 aliphatic carbocycles. The summed E-state index contributed by atoms with van der Waals surface area (Å²) in [7, 11) is 0. The van der Waals surface area contributed by atoms with Crippen LogP contribution >= 0.6 is 0 Å². The summed E-state index contributed by atoms with van der Waals surface area (Å²) >= 11 is 0. The van der Waals surface area contributed by atoms with Gasteiger partial charge < -0.3 is 4.42 Å². The molecule has 4 heteroatoms. The molecule has 0 unspecified atom stereocenters. The van der Waals surface area contributed by atoms with Crippen LogP contribution in [0.2, 0.25) is 0 Å². The van der Waals surface area contributed by atoms with E-state index in [0.29, 0.717) is 17.5 Å². The predicted molar refractivity (Wildman–Crippen MR) is 184 cm³/mol. The van der Waals surface area contributed by atoms with Gasteiger partial charge in [-0.15, -0.1) is 0 Å². The second kappa shape index (κ2) is 10.2. The van der Waals surface area contributed by atoms with E-state index >= 15 is 0 Å². The van der Waals surface area contributed by atoms with Crippen molar-refractivity contribution in [2.45, 2.75) is 0 Å². The maximum absolute atomic E-state index is 6.26. The molecule has 0 amide bonds. The molecular formula is C41H25N3O. The van der Waals surface area contributed by atoms with Crippen LogP contribution in [0.4, 0.5) is 0 Å². The molecule has 7 aromatic carbocycles. The number of benzene rings is 7. The largest absolute Gasteiger partial charge is 0.456 e. The van der Waals surface area contributed by atoms with Gasteiger partial charge in [-0.3, -0.25) is 0 Å². The van der Waals surface area contributed by atoms with Gasteiger partial charge in [-0.1, -0.05) is 121 Å². The lowest BCUT2D eigenvalue weighted by Crippen LogP contribution is -2.00. The summed E-state index contributed by atoms with van der Waals surface area (Å²) in [5, 5.41) is 6.95. The van der Waals surface area contributed by atoms with Crippen LogP contribution in [-0.2, 0) is 0 Å². The van der Waals surface area contributed by atoms with E-state index in [2.05, 4.69) is 103 Å². The summed E-state index contributed by atoms with van der Waals surface area (Å²) in [4.78, 5) is 14.9. The minimum absolute atomic E-state index is 0.619. The monoisotopic (exact) mass is 575 g/mol. The second-order valence-electron chi connectivity index (χ2n) is 11.3. The molecule has 0 bridgehead atoms. The maximum Gasteiger partial charge on any atom is 0.164 e. The highest BCUT2D eigenvalue weighted by atomic mass is 16.3. The first-order valence-corrected chi connectivity index (χ1v) is 15.0. The quantitative estimate of drug-likeness (QED) is 0.209. The Labute approximate surface area is 259 Å². The molecule has 4 nitrogen and oxygen atoms in total. The van der Waals surface area contributed by atoms with Crippen LogP contribution in [0.25, 0.3) is 88.8 Å². The summed E-state index contributed by atoms with van der Waals surface area (Å²) in [6.07, 6.45) is 0. The van der Waals surface area contributed by atoms with Crippen molar-refractivity contribution >= 4 is 43.5 Å². The summed E-state index contributed by atoms with van der Waals surface area (Å²) < 4.78 is 6.26. The van der Waals surface area contributed by atoms with E-state index < -0.39 is 0 Å². The van der Waals surface area contributed by atoms with E-state index in [4.69, 9.17) is 19.4 Å². The zero-order valence-corrected chi connectivity index (χ0v) is 24.2. The second-order valence-corrected chi connectivity index (χ2v) is 11.3. The predicted octanol–water partition coefficient (Wildman–Crippen LogP) is 10.7. The Hall–Kier alpha value is -6.13. The molecular weight excluding hydrogens is 550 g/mol. The van der Waals surface area contributed by atoms with Gasteiger partial charge in [-0.05, 0) is 63.0 Å². The zero-order valence-electron chi connectivity index (χ0n) is 24.2. The Kier molecular flexibility index (Phi) is 5.78. The lowest BCUT2D eigenvalue weighted by atomic mass is 10.00. The Bertz CT molecular complexity index is 2530. The Balaban J connectivity index is 1.18. The molecule has 0 saturated heterocycles. The SMILES string of the molecule is c1ccc(-c2nc(-c3ccc(-c4ccc5ccccc5c4)cc3)nc(-c3ccc4oc5ccc6ccccc6c5c4c3)n2)cc1. The van der Waals surface area contributed by atoms with Crippen molar-refractivity contribution in [2.75, 3.05) is 0 Å². The number of aromatic nitrogens is 3. The first-order chi connectivity index (χ1) is 22.3. The van der Waals surface area contributed by atoms with Gasteiger partial charge in [0, 0.05) is 27.5 Å². The highest BCUT2D eigenvalue weighted by Crippen LogP contribution is 2.37. The van der Waals surface area contributed by atoms with E-state index in [1.54, 1.807) is 0 Å². The Morgan fingerprint density at radius 1 is 0.333 bits per heavy atom. The van der Waals surface area contributed by atoms with E-state index in [-0.39, 0.29) is 0 Å². The third-order valence-corrected chi connectivity index (χ3v) is 8.51. The fourth-order valence-corrected chi connectivity index (χ4v) is 6.22. The van der Waals surface area contributed by atoms with Gasteiger partial charge in [0.25, 0.3) is 0 Å². The Morgan fingerprint density at radius 2 is 0.889 bits per heavy atom. The summed E-state index contributed by atoms with van der Waals surface area (Å²) in [6.45, 7) is 0. The summed E-state index contributed by atoms with van der Waals surface area (Å²) in [5.41, 5.74) is 6.81. The van der Waals surface area contributed by atoms with Crippen LogP contribution < -0.4 is 0 Å². The molecule has 0 atom stereocenters. The maximum atomic E-state index is 6.26. The average molecular weight is 576 g/mol. The highest BCUT2D eigenvalue weighted by molar-refractivity contribution is 6.19. The van der Waals surface area contributed by atoms with Crippen molar-refractivity contribution in [3.05, 3.63) is 152 Å². The van der Waals surface area contributed by atoms with E-state index in [1.165, 1.54) is 27.1 Å². The highest BCUT2D eigenvalue weighted by Gasteiger charge is 2.16. The molecule has 210 valence electrons. The number of fused-ring (bicyclic) bond motifs is 6. The average Bonchev–Trinajstić information content (AvgIpc) is 3.50. The minimum Gasteiger partial charge on any atom is -0.456 e. The molecule has 0 aliphatic heterocycles. The van der Waals surface area contributed by atoms with Crippen molar-refractivity contribution in [3.8, 4) is 45.3 Å². The summed E-state index contributed by atoms with van der Waals surface area (Å²) in [6, 6.07) is 52.3. The first kappa shape index (κ1) is 25.4. The van der Waals surface area contributed by atoms with Crippen LogP contribution in [-0.4, -0.2) is 15.0 Å². The lowest BCUT2D eigenvalue weighted by Gasteiger charge is -2.09. The number of furan rings is 1. The molecule has 2 aromatic heterocycles. The van der Waals surface area contributed by atoms with Crippen LogP contribution in [0.5, 0.6) is 0 Å². The molecule has 0 N–H and O–H groups in total. The molecule has 0 aliphatic rings. The smallest absolute Gasteiger partial charge is 0.164 e. The molecule has 0 saturated carbocycles. The van der Waals surface area contributed by atoms with Crippen molar-refractivity contribution in [2.24, 2.45) is 0 Å². The van der Waals surface area contributed by atoms with Gasteiger partial charge in [0.15, 0.2) is 17.5 Å². The standard InChI is InChI=1S/C41H25N3O/c1-2-10-29(11-3-1)39-42-40(30-17-14-27(15-18-30)32-19-16-26-8-4-5-12-31(26)24-32)44-41(43-39)33-21-22-36-35(25-33)38-34-13-7-6-9-28(34)20-23-37(38)45-36/h1-25H. The molecule has 9 rings (SSSR count). The number of rotatable bonds is 4. The number of hydrogen-bond acceptors (Lipinski definition) is 4. The summed E-state index contributed by atoms with van der Waals surface area (Å²) in [5.74, 6) is 1.89. The van der Waals surface area contributed by atoms with Crippen LogP contribution in [0.3, 0.4) is 0 Å². The number of nitrogens with zero attached hydrogens (tertiary/aromatic N) is 3. The van der Waals surface area contributed by atoms with Gasteiger partial charge in [-0.2, -0.15) is 0 Å². The fourth-order valence-electron chi connectivity index (χ4n) is 6.22. The van der Waals surface area contributed by atoms with E-state index in [0.717, 1.165) is 44.2 Å². The van der Waals surface area contributed by atoms with Gasteiger partial charge in [0.05, 0.1) is 0 Å². The number of hydrogen-bond donors (Lipinski definition) is 0. The molecule has 0 fully saturated rings. The normalized spacial score (nSPS) is 11.6. The third-order valence-electron chi connectivity index (χ3n) is 8.51. The third kappa shape index (κ3) is 4.43. The zero-order chi connectivity index (χ0) is 29.7. The van der Waals surface area contributed by atoms with E-state index in [1.807, 2.05) is 48.5 Å². The molecule has 0 radical (unpaired) electrons. The fraction of sp³-hybridized carbons (Fsp3) is 0. The Morgan fingerprint density at radius 3 is 1.69 bits per heavy atom. The van der Waals surface area contributed by atoms with E-state index in [9.17, 15) is 0 Å². The van der Waals surface area contributed by atoms with Crippen LogP contribution in [0.15, 0.2) is 156 Å². The van der Waals surface area contributed by atoms with Gasteiger partial charge in [0.1, 0.15) is 11.2 Å². The molecule has 2 heterocycles. The molecule has 45 heavy (non-hydrogen) atoms.